The molecule has 0 spiro atoms. The van der Waals surface area contributed by atoms with Crippen molar-refractivity contribution in [2.45, 2.75) is 0 Å². The van der Waals surface area contributed by atoms with Crippen LogP contribution in [-0.2, 0) is 4.79 Å². The number of rotatable bonds is 1. The molecule has 0 aliphatic heterocycles. The van der Waals surface area contributed by atoms with Crippen molar-refractivity contribution < 1.29 is 4.79 Å². The lowest BCUT2D eigenvalue weighted by molar-refractivity contribution is -0.112. The Morgan fingerprint density at radius 3 is 2.93 bits per heavy atom. The Bertz CT molecular complexity index is 609. The third kappa shape index (κ3) is 1.00. The minimum atomic E-state index is -0.402. The van der Waals surface area contributed by atoms with E-state index in [0.717, 1.165) is 22.0 Å². The van der Waals surface area contributed by atoms with Gasteiger partial charge in [-0.2, -0.15) is 0 Å². The van der Waals surface area contributed by atoms with Gasteiger partial charge in [0.2, 0.25) is 5.91 Å². The second-order valence-corrected chi connectivity index (χ2v) is 3.52. The molecule has 0 saturated carbocycles. The van der Waals surface area contributed by atoms with Gasteiger partial charge >= 0.3 is 0 Å². The van der Waals surface area contributed by atoms with Gasteiger partial charge in [0.25, 0.3) is 0 Å². The zero-order chi connectivity index (χ0) is 10.4. The average Bonchev–Trinajstić information content (AvgIpc) is 2.61. The van der Waals surface area contributed by atoms with E-state index < -0.39 is 5.91 Å². The summed E-state index contributed by atoms with van der Waals surface area (Å²) in [5.41, 5.74) is 7.59. The van der Waals surface area contributed by atoms with Crippen molar-refractivity contribution in [2.24, 2.45) is 5.73 Å². The Hall–Kier alpha value is -2.16. The quantitative estimate of drug-likeness (QED) is 0.752. The summed E-state index contributed by atoms with van der Waals surface area (Å²) in [5.74, 6) is -0.402. The molecule has 0 unspecified atom stereocenters. The lowest BCUT2D eigenvalue weighted by atomic mass is 10.0. The molecule has 1 amide bonds. The van der Waals surface area contributed by atoms with Crippen molar-refractivity contribution in [3.63, 3.8) is 0 Å². The number of benzene rings is 1. The zero-order valence-corrected chi connectivity index (χ0v) is 7.90. The van der Waals surface area contributed by atoms with E-state index in [1.807, 2.05) is 24.3 Å². The predicted molar refractivity (Wildman–Crippen MR) is 58.8 cm³/mol. The second-order valence-electron chi connectivity index (χ2n) is 3.52. The van der Waals surface area contributed by atoms with Crippen LogP contribution in [0.25, 0.3) is 22.4 Å². The van der Waals surface area contributed by atoms with Gasteiger partial charge in [-0.25, -0.2) is 0 Å². The molecule has 0 saturated heterocycles. The third-order valence-electron chi connectivity index (χ3n) is 2.66. The number of nitrogens with zero attached hydrogens (tertiary/aromatic N) is 1. The average molecular weight is 196 g/mol. The van der Waals surface area contributed by atoms with E-state index in [9.17, 15) is 4.79 Å². The van der Waals surface area contributed by atoms with Gasteiger partial charge in [-0.15, -0.1) is 0 Å². The molecule has 0 atom stereocenters. The number of primary amides is 1. The summed E-state index contributed by atoms with van der Waals surface area (Å²) in [4.78, 5) is 15.5. The van der Waals surface area contributed by atoms with Crippen LogP contribution in [0.4, 0.5) is 0 Å². The summed E-state index contributed by atoms with van der Waals surface area (Å²) in [6.07, 6.45) is 3.49. The van der Waals surface area contributed by atoms with E-state index in [2.05, 4.69) is 4.98 Å². The van der Waals surface area contributed by atoms with Crippen LogP contribution < -0.4 is 5.73 Å². The fraction of sp³-hybridized carbons (Fsp3) is 0. The van der Waals surface area contributed by atoms with Crippen LogP contribution in [0, 0.1) is 0 Å². The molecule has 72 valence electrons. The summed E-state index contributed by atoms with van der Waals surface area (Å²) < 4.78 is 0. The first kappa shape index (κ1) is 8.17. The molecule has 3 nitrogen and oxygen atoms in total. The van der Waals surface area contributed by atoms with Crippen LogP contribution >= 0.6 is 0 Å². The molecule has 1 aromatic carbocycles. The number of hydrogen-bond donors (Lipinski definition) is 1. The Morgan fingerprint density at radius 2 is 2.13 bits per heavy atom. The van der Waals surface area contributed by atoms with Gasteiger partial charge in [-0.3, -0.25) is 9.78 Å². The maximum atomic E-state index is 11.2. The van der Waals surface area contributed by atoms with Gasteiger partial charge in [0.1, 0.15) is 0 Å². The Kier molecular flexibility index (Phi) is 1.45. The highest BCUT2D eigenvalue weighted by Crippen LogP contribution is 2.34. The summed E-state index contributed by atoms with van der Waals surface area (Å²) in [6.45, 7) is 0. The molecule has 1 heterocycles. The second kappa shape index (κ2) is 2.67. The summed E-state index contributed by atoms with van der Waals surface area (Å²) >= 11 is 0. The van der Waals surface area contributed by atoms with Crippen molar-refractivity contribution >= 4 is 28.3 Å². The number of hydrogen-bond acceptors (Lipinski definition) is 2. The maximum Gasteiger partial charge on any atom is 0.249 e. The number of pyridine rings is 1. The standard InChI is InChI=1S/C12H8N2O/c13-12(15)9-6-10-11-7(4-5-14-10)2-1-3-8(9)11/h1-6H,(H2,13,15). The van der Waals surface area contributed by atoms with Crippen LogP contribution in [0.1, 0.15) is 11.3 Å². The molecule has 0 bridgehead atoms. The molecule has 2 N–H and O–H groups in total. The number of carbonyl (C=O) groups excluding carboxylic acids is 1. The smallest absolute Gasteiger partial charge is 0.249 e. The van der Waals surface area contributed by atoms with Crippen LogP contribution in [0.15, 0.2) is 30.5 Å². The lowest BCUT2D eigenvalue weighted by Gasteiger charge is -2.01. The first-order chi connectivity index (χ1) is 7.27. The Morgan fingerprint density at radius 1 is 1.27 bits per heavy atom. The van der Waals surface area contributed by atoms with E-state index in [4.69, 9.17) is 5.73 Å². The summed E-state index contributed by atoms with van der Waals surface area (Å²) in [5, 5.41) is 2.11. The fourth-order valence-corrected chi connectivity index (χ4v) is 2.01. The molecule has 3 rings (SSSR count). The van der Waals surface area contributed by atoms with E-state index in [0.29, 0.717) is 5.57 Å². The summed E-state index contributed by atoms with van der Waals surface area (Å²) in [7, 11) is 0. The normalized spacial score (nSPS) is 12.9. The highest BCUT2D eigenvalue weighted by molar-refractivity contribution is 6.30. The van der Waals surface area contributed by atoms with Gasteiger partial charge in [-0.1, -0.05) is 18.2 Å². The Balaban J connectivity index is 2.45. The third-order valence-corrected chi connectivity index (χ3v) is 2.66. The van der Waals surface area contributed by atoms with E-state index in [-0.39, 0.29) is 0 Å². The molecule has 0 radical (unpaired) electrons. The Labute approximate surface area is 86.2 Å². The van der Waals surface area contributed by atoms with Crippen LogP contribution in [0.5, 0.6) is 0 Å². The number of carbonyl (C=O) groups is 1. The SMILES string of the molecule is NC(=O)C1=Cc2nccc3cccc1c23. The summed E-state index contributed by atoms with van der Waals surface area (Å²) in [6, 6.07) is 7.75. The van der Waals surface area contributed by atoms with Crippen molar-refractivity contribution in [1.82, 2.24) is 4.98 Å². The first-order valence-corrected chi connectivity index (χ1v) is 4.67. The molecule has 0 fully saturated rings. The van der Waals surface area contributed by atoms with Crippen molar-refractivity contribution in [3.8, 4) is 0 Å². The molecular weight excluding hydrogens is 188 g/mol. The molecule has 1 aliphatic carbocycles. The minimum absolute atomic E-state index is 0.402. The number of amides is 1. The van der Waals surface area contributed by atoms with Crippen LogP contribution in [0.2, 0.25) is 0 Å². The monoisotopic (exact) mass is 196 g/mol. The van der Waals surface area contributed by atoms with Crippen molar-refractivity contribution in [1.29, 1.82) is 0 Å². The minimum Gasteiger partial charge on any atom is -0.366 e. The van der Waals surface area contributed by atoms with E-state index in [1.165, 1.54) is 0 Å². The van der Waals surface area contributed by atoms with Crippen LogP contribution in [0.3, 0.4) is 0 Å². The molecule has 3 heteroatoms. The van der Waals surface area contributed by atoms with Crippen LogP contribution in [-0.4, -0.2) is 10.9 Å². The highest BCUT2D eigenvalue weighted by atomic mass is 16.1. The van der Waals surface area contributed by atoms with E-state index >= 15 is 0 Å². The maximum absolute atomic E-state index is 11.2. The zero-order valence-electron chi connectivity index (χ0n) is 7.90. The van der Waals surface area contributed by atoms with Crippen molar-refractivity contribution in [2.75, 3.05) is 0 Å². The van der Waals surface area contributed by atoms with E-state index in [1.54, 1.807) is 12.3 Å². The molecule has 1 aliphatic rings. The van der Waals surface area contributed by atoms with Gasteiger partial charge in [0.05, 0.1) is 5.69 Å². The lowest BCUT2D eigenvalue weighted by Crippen LogP contribution is -2.11. The van der Waals surface area contributed by atoms with Gasteiger partial charge < -0.3 is 5.73 Å². The number of nitrogens with two attached hydrogens (primary N) is 1. The van der Waals surface area contributed by atoms with Gasteiger partial charge in [0, 0.05) is 17.2 Å². The highest BCUT2D eigenvalue weighted by Gasteiger charge is 2.20. The number of aromatic nitrogens is 1. The molecule has 15 heavy (non-hydrogen) atoms. The largest absolute Gasteiger partial charge is 0.366 e. The fourth-order valence-electron chi connectivity index (χ4n) is 2.01. The van der Waals surface area contributed by atoms with Crippen molar-refractivity contribution in [3.05, 3.63) is 41.7 Å². The molecule has 1 aromatic heterocycles. The molecule has 2 aromatic rings. The molecular formula is C12H8N2O. The predicted octanol–water partition coefficient (Wildman–Crippen LogP) is 1.57. The van der Waals surface area contributed by atoms with Gasteiger partial charge in [0.15, 0.2) is 0 Å². The van der Waals surface area contributed by atoms with Gasteiger partial charge in [-0.05, 0) is 23.1 Å². The first-order valence-electron chi connectivity index (χ1n) is 4.67. The topological polar surface area (TPSA) is 56.0 Å².